The molecule has 0 saturated heterocycles. The summed E-state index contributed by atoms with van der Waals surface area (Å²) in [5, 5.41) is 2.07. The van der Waals surface area contributed by atoms with E-state index in [9.17, 15) is 4.21 Å². The lowest BCUT2D eigenvalue weighted by Gasteiger charge is -2.12. The van der Waals surface area contributed by atoms with Crippen molar-refractivity contribution < 1.29 is 8.95 Å². The highest BCUT2D eigenvalue weighted by Crippen LogP contribution is 2.32. The molecule has 0 spiro atoms. The Morgan fingerprint density at radius 2 is 1.62 bits per heavy atom. The number of fused-ring (bicyclic) bond motifs is 1. The Kier molecular flexibility index (Phi) is 4.02. The van der Waals surface area contributed by atoms with Crippen LogP contribution in [0.1, 0.15) is 5.56 Å². The van der Waals surface area contributed by atoms with E-state index < -0.39 is 10.8 Å². The van der Waals surface area contributed by atoms with Gasteiger partial charge in [-0.05, 0) is 17.0 Å². The van der Waals surface area contributed by atoms with Gasteiger partial charge in [-0.2, -0.15) is 0 Å². The molecule has 0 aromatic heterocycles. The van der Waals surface area contributed by atoms with Crippen LogP contribution in [0.25, 0.3) is 10.8 Å². The number of hydrogen-bond acceptors (Lipinski definition) is 2. The Balaban J connectivity index is 2.07. The van der Waals surface area contributed by atoms with Crippen LogP contribution in [0.15, 0.2) is 71.6 Å². The van der Waals surface area contributed by atoms with Crippen LogP contribution in [-0.2, 0) is 16.6 Å². The molecule has 21 heavy (non-hydrogen) atoms. The third-order valence-corrected chi connectivity index (χ3v) is 4.90. The third-order valence-electron chi connectivity index (χ3n) is 3.43. The second kappa shape index (κ2) is 6.10. The lowest BCUT2D eigenvalue weighted by atomic mass is 10.1. The van der Waals surface area contributed by atoms with Crippen LogP contribution >= 0.6 is 0 Å². The quantitative estimate of drug-likeness (QED) is 0.722. The minimum atomic E-state index is -1.15. The molecule has 3 heteroatoms. The zero-order valence-corrected chi connectivity index (χ0v) is 12.6. The number of ether oxygens (including phenoxy) is 1. The van der Waals surface area contributed by atoms with Gasteiger partial charge in [0.15, 0.2) is 0 Å². The summed E-state index contributed by atoms with van der Waals surface area (Å²) in [6.45, 7) is 0. The van der Waals surface area contributed by atoms with Gasteiger partial charge < -0.3 is 4.74 Å². The molecule has 1 atom stereocenters. The SMILES string of the molecule is COc1ccc2ccccc2c1[S@](=O)Cc1ccccc1. The van der Waals surface area contributed by atoms with E-state index in [0.717, 1.165) is 21.2 Å². The summed E-state index contributed by atoms with van der Waals surface area (Å²) in [7, 11) is 0.473. The van der Waals surface area contributed by atoms with Gasteiger partial charge in [0.1, 0.15) is 5.75 Å². The van der Waals surface area contributed by atoms with E-state index in [-0.39, 0.29) is 0 Å². The monoisotopic (exact) mass is 296 g/mol. The van der Waals surface area contributed by atoms with Gasteiger partial charge in [-0.15, -0.1) is 0 Å². The lowest BCUT2D eigenvalue weighted by Crippen LogP contribution is -2.00. The Morgan fingerprint density at radius 3 is 2.38 bits per heavy atom. The predicted octanol–water partition coefficient (Wildman–Crippen LogP) is 4.16. The lowest BCUT2D eigenvalue weighted by molar-refractivity contribution is 0.405. The summed E-state index contributed by atoms with van der Waals surface area (Å²) in [5.41, 5.74) is 1.06. The molecule has 0 unspecified atom stereocenters. The van der Waals surface area contributed by atoms with Gasteiger partial charge in [0.25, 0.3) is 0 Å². The van der Waals surface area contributed by atoms with Gasteiger partial charge in [0.05, 0.1) is 28.6 Å². The number of rotatable bonds is 4. The van der Waals surface area contributed by atoms with E-state index in [1.165, 1.54) is 0 Å². The first-order chi connectivity index (χ1) is 10.3. The van der Waals surface area contributed by atoms with E-state index in [1.54, 1.807) is 7.11 Å². The van der Waals surface area contributed by atoms with E-state index in [2.05, 4.69) is 0 Å². The Labute approximate surface area is 126 Å². The van der Waals surface area contributed by atoms with Crippen LogP contribution in [0.2, 0.25) is 0 Å². The van der Waals surface area contributed by atoms with Crippen LogP contribution in [0.5, 0.6) is 5.75 Å². The van der Waals surface area contributed by atoms with Gasteiger partial charge in [-0.3, -0.25) is 4.21 Å². The van der Waals surface area contributed by atoms with Crippen molar-refractivity contribution in [1.29, 1.82) is 0 Å². The van der Waals surface area contributed by atoms with Crippen molar-refractivity contribution in [1.82, 2.24) is 0 Å². The predicted molar refractivity (Wildman–Crippen MR) is 87.1 cm³/mol. The van der Waals surface area contributed by atoms with Crippen molar-refractivity contribution in [3.8, 4) is 5.75 Å². The molecule has 0 radical (unpaired) electrons. The van der Waals surface area contributed by atoms with E-state index in [0.29, 0.717) is 11.5 Å². The maximum Gasteiger partial charge on any atom is 0.135 e. The van der Waals surface area contributed by atoms with Crippen LogP contribution < -0.4 is 4.74 Å². The minimum absolute atomic E-state index is 0.491. The van der Waals surface area contributed by atoms with Crippen molar-refractivity contribution in [2.24, 2.45) is 0 Å². The molecular weight excluding hydrogens is 280 g/mol. The molecule has 0 bridgehead atoms. The Bertz CT molecular complexity index is 782. The smallest absolute Gasteiger partial charge is 0.135 e. The molecule has 3 rings (SSSR count). The van der Waals surface area contributed by atoms with E-state index >= 15 is 0 Å². The second-order valence-corrected chi connectivity index (χ2v) is 6.18. The molecule has 0 saturated carbocycles. The van der Waals surface area contributed by atoms with Crippen LogP contribution in [0.3, 0.4) is 0 Å². The molecule has 0 aliphatic rings. The van der Waals surface area contributed by atoms with Gasteiger partial charge in [-0.1, -0.05) is 60.7 Å². The molecule has 0 fully saturated rings. The van der Waals surface area contributed by atoms with E-state index in [1.807, 2.05) is 66.7 Å². The molecule has 3 aromatic rings. The minimum Gasteiger partial charge on any atom is -0.495 e. The topological polar surface area (TPSA) is 26.3 Å². The van der Waals surface area contributed by atoms with Crippen LogP contribution in [0, 0.1) is 0 Å². The summed E-state index contributed by atoms with van der Waals surface area (Å²) in [6, 6.07) is 21.7. The zero-order chi connectivity index (χ0) is 14.7. The van der Waals surface area contributed by atoms with Crippen molar-refractivity contribution in [3.05, 3.63) is 72.3 Å². The molecular formula is C18H16O2S. The third kappa shape index (κ3) is 2.83. The first kappa shape index (κ1) is 13.8. The van der Waals surface area contributed by atoms with Gasteiger partial charge in [0, 0.05) is 5.39 Å². The first-order valence-corrected chi connectivity index (χ1v) is 8.09. The highest BCUT2D eigenvalue weighted by Gasteiger charge is 2.15. The fraction of sp³-hybridized carbons (Fsp3) is 0.111. The highest BCUT2D eigenvalue weighted by molar-refractivity contribution is 7.84. The average molecular weight is 296 g/mol. The first-order valence-electron chi connectivity index (χ1n) is 6.77. The summed E-state index contributed by atoms with van der Waals surface area (Å²) < 4.78 is 18.3. The number of methoxy groups -OCH3 is 1. The van der Waals surface area contributed by atoms with Gasteiger partial charge in [-0.25, -0.2) is 0 Å². The summed E-state index contributed by atoms with van der Waals surface area (Å²) in [4.78, 5) is 0.777. The molecule has 0 aliphatic carbocycles. The fourth-order valence-electron chi connectivity index (χ4n) is 2.42. The fourth-order valence-corrected chi connectivity index (χ4v) is 3.86. The Morgan fingerprint density at radius 1 is 0.905 bits per heavy atom. The summed E-state index contributed by atoms with van der Waals surface area (Å²) in [6.07, 6.45) is 0. The Hall–Kier alpha value is -2.13. The molecule has 0 N–H and O–H groups in total. The van der Waals surface area contributed by atoms with Crippen molar-refractivity contribution in [2.45, 2.75) is 10.6 Å². The van der Waals surface area contributed by atoms with Crippen molar-refractivity contribution in [2.75, 3.05) is 7.11 Å². The number of benzene rings is 3. The van der Waals surface area contributed by atoms with Gasteiger partial charge in [0.2, 0.25) is 0 Å². The summed E-state index contributed by atoms with van der Waals surface area (Å²) in [5.74, 6) is 1.17. The number of hydrogen-bond donors (Lipinski definition) is 0. The zero-order valence-electron chi connectivity index (χ0n) is 11.8. The van der Waals surface area contributed by atoms with Crippen LogP contribution in [0.4, 0.5) is 0 Å². The molecule has 2 nitrogen and oxygen atoms in total. The molecule has 3 aromatic carbocycles. The van der Waals surface area contributed by atoms with Crippen molar-refractivity contribution in [3.63, 3.8) is 0 Å². The molecule has 0 aliphatic heterocycles. The van der Waals surface area contributed by atoms with E-state index in [4.69, 9.17) is 4.74 Å². The standard InChI is InChI=1S/C18H16O2S/c1-20-17-12-11-15-9-5-6-10-16(15)18(17)21(19)13-14-7-3-2-4-8-14/h2-12H,13H2,1H3/t21-/m1/s1. The molecule has 106 valence electrons. The molecule has 0 heterocycles. The largest absolute Gasteiger partial charge is 0.495 e. The second-order valence-electron chi connectivity index (χ2n) is 4.79. The van der Waals surface area contributed by atoms with Gasteiger partial charge >= 0.3 is 0 Å². The average Bonchev–Trinajstić information content (AvgIpc) is 2.54. The highest BCUT2D eigenvalue weighted by atomic mass is 32.2. The summed E-state index contributed by atoms with van der Waals surface area (Å²) >= 11 is 0. The molecule has 0 amide bonds. The van der Waals surface area contributed by atoms with Crippen molar-refractivity contribution >= 4 is 21.6 Å². The van der Waals surface area contributed by atoms with Crippen LogP contribution in [-0.4, -0.2) is 11.3 Å². The maximum absolute atomic E-state index is 12.8. The normalized spacial score (nSPS) is 12.2. The maximum atomic E-state index is 12.8.